The van der Waals surface area contributed by atoms with Crippen LogP contribution in [0.2, 0.25) is 0 Å². The van der Waals surface area contributed by atoms with Gasteiger partial charge < -0.3 is 9.52 Å². The van der Waals surface area contributed by atoms with E-state index in [2.05, 4.69) is 9.97 Å². The van der Waals surface area contributed by atoms with Crippen molar-refractivity contribution in [2.75, 3.05) is 0 Å². The van der Waals surface area contributed by atoms with Gasteiger partial charge in [0, 0.05) is 6.20 Å². The Bertz CT molecular complexity index is 451. The maximum absolute atomic E-state index is 10.6. The molecule has 0 bridgehead atoms. The van der Waals surface area contributed by atoms with Gasteiger partial charge in [-0.05, 0) is 18.2 Å². The van der Waals surface area contributed by atoms with Gasteiger partial charge >= 0.3 is 5.97 Å². The summed E-state index contributed by atoms with van der Waals surface area (Å²) in [7, 11) is 0. The van der Waals surface area contributed by atoms with E-state index in [1.165, 1.54) is 12.5 Å². The van der Waals surface area contributed by atoms with Crippen LogP contribution in [-0.4, -0.2) is 21.0 Å². The summed E-state index contributed by atoms with van der Waals surface area (Å²) < 4.78 is 5.07. The molecule has 0 spiro atoms. The molecule has 1 N–H and O–H groups in total. The highest BCUT2D eigenvalue weighted by molar-refractivity contribution is 5.83. The van der Waals surface area contributed by atoms with Gasteiger partial charge in [0.15, 0.2) is 5.76 Å². The van der Waals surface area contributed by atoms with Crippen molar-refractivity contribution >= 4 is 5.97 Å². The van der Waals surface area contributed by atoms with E-state index in [9.17, 15) is 4.79 Å². The molecule has 0 atom stereocenters. The summed E-state index contributed by atoms with van der Waals surface area (Å²) in [6.45, 7) is 0. The van der Waals surface area contributed by atoms with Gasteiger partial charge in [0.2, 0.25) is 5.82 Å². The first kappa shape index (κ1) is 8.43. The zero-order valence-corrected chi connectivity index (χ0v) is 7.04. The molecule has 0 aliphatic carbocycles. The Kier molecular flexibility index (Phi) is 1.98. The number of rotatable bonds is 2. The molecule has 0 aliphatic heterocycles. The Morgan fingerprint density at radius 3 is 2.93 bits per heavy atom. The highest BCUT2D eigenvalue weighted by Gasteiger charge is 2.09. The number of furan rings is 1. The molecule has 0 saturated heterocycles. The van der Waals surface area contributed by atoms with Crippen LogP contribution in [0.5, 0.6) is 0 Å². The molecule has 0 unspecified atom stereocenters. The van der Waals surface area contributed by atoms with Crippen LogP contribution in [0.3, 0.4) is 0 Å². The second-order valence-corrected chi connectivity index (χ2v) is 2.55. The smallest absolute Gasteiger partial charge is 0.373 e. The van der Waals surface area contributed by atoms with E-state index in [4.69, 9.17) is 9.52 Å². The van der Waals surface area contributed by atoms with Crippen LogP contribution >= 0.6 is 0 Å². The van der Waals surface area contributed by atoms with Gasteiger partial charge in [-0.25, -0.2) is 14.8 Å². The summed E-state index contributed by atoms with van der Waals surface area (Å²) in [6.07, 6.45) is 2.88. The first-order chi connectivity index (χ1) is 6.77. The van der Waals surface area contributed by atoms with Crippen LogP contribution in [0.4, 0.5) is 0 Å². The summed E-state index contributed by atoms with van der Waals surface area (Å²) in [4.78, 5) is 18.0. The lowest BCUT2D eigenvalue weighted by Crippen LogP contribution is -2.03. The molecular formula is C9H6N2O3. The molecule has 5 nitrogen and oxygen atoms in total. The van der Waals surface area contributed by atoms with Crippen molar-refractivity contribution in [1.29, 1.82) is 0 Å². The van der Waals surface area contributed by atoms with Crippen LogP contribution in [0.25, 0.3) is 11.5 Å². The van der Waals surface area contributed by atoms with Crippen LogP contribution in [0.1, 0.15) is 10.6 Å². The molecule has 0 aromatic carbocycles. The zero-order valence-electron chi connectivity index (χ0n) is 7.04. The van der Waals surface area contributed by atoms with Gasteiger partial charge in [-0.3, -0.25) is 0 Å². The normalized spacial score (nSPS) is 10.0. The molecule has 0 saturated carbocycles. The summed E-state index contributed by atoms with van der Waals surface area (Å²) in [5, 5.41) is 8.65. The highest BCUT2D eigenvalue weighted by Crippen LogP contribution is 2.16. The van der Waals surface area contributed by atoms with E-state index in [0.717, 1.165) is 0 Å². The predicted octanol–water partition coefficient (Wildman–Crippen LogP) is 1.43. The molecule has 0 aliphatic rings. The van der Waals surface area contributed by atoms with E-state index in [1.807, 2.05) is 0 Å². The minimum absolute atomic E-state index is 0.237. The predicted molar refractivity (Wildman–Crippen MR) is 46.7 cm³/mol. The second kappa shape index (κ2) is 3.29. The number of aromatic carboxylic acids is 1. The number of aromatic nitrogens is 2. The van der Waals surface area contributed by atoms with Gasteiger partial charge in [-0.15, -0.1) is 0 Å². The summed E-state index contributed by atoms with van der Waals surface area (Å²) in [5.41, 5.74) is 0.461. The average Bonchev–Trinajstić information content (AvgIpc) is 2.71. The van der Waals surface area contributed by atoms with Crippen molar-refractivity contribution in [2.24, 2.45) is 0 Å². The molecule has 2 heterocycles. The second-order valence-electron chi connectivity index (χ2n) is 2.55. The van der Waals surface area contributed by atoms with Crippen LogP contribution in [0, 0.1) is 0 Å². The summed E-state index contributed by atoms with van der Waals surface area (Å²) >= 11 is 0. The van der Waals surface area contributed by atoms with Crippen molar-refractivity contribution in [3.8, 4) is 11.5 Å². The third-order valence-electron chi connectivity index (χ3n) is 1.62. The number of carboxylic acid groups (broad SMARTS) is 1. The minimum Gasteiger partial charge on any atom is -0.475 e. The minimum atomic E-state index is -1.15. The van der Waals surface area contributed by atoms with Crippen molar-refractivity contribution < 1.29 is 14.3 Å². The van der Waals surface area contributed by atoms with Crippen molar-refractivity contribution in [2.45, 2.75) is 0 Å². The van der Waals surface area contributed by atoms with Gasteiger partial charge in [0.05, 0.1) is 6.26 Å². The largest absolute Gasteiger partial charge is 0.475 e. The highest BCUT2D eigenvalue weighted by atomic mass is 16.4. The molecule has 2 aromatic rings. The summed E-state index contributed by atoms with van der Waals surface area (Å²) in [5.74, 6) is -0.868. The lowest BCUT2D eigenvalue weighted by molar-refractivity contribution is 0.0683. The average molecular weight is 190 g/mol. The van der Waals surface area contributed by atoms with Crippen molar-refractivity contribution in [3.63, 3.8) is 0 Å². The number of hydrogen-bond donors (Lipinski definition) is 1. The molecule has 2 rings (SSSR count). The van der Waals surface area contributed by atoms with Crippen molar-refractivity contribution in [3.05, 3.63) is 36.5 Å². The van der Waals surface area contributed by atoms with E-state index in [1.54, 1.807) is 18.2 Å². The molecule has 70 valence electrons. The van der Waals surface area contributed by atoms with E-state index in [0.29, 0.717) is 11.5 Å². The third kappa shape index (κ3) is 1.47. The number of carbonyl (C=O) groups is 1. The lowest BCUT2D eigenvalue weighted by atomic mass is 10.3. The first-order valence-corrected chi connectivity index (χ1v) is 3.87. The molecule has 0 amide bonds. The lowest BCUT2D eigenvalue weighted by Gasteiger charge is -1.96. The van der Waals surface area contributed by atoms with E-state index >= 15 is 0 Å². The molecule has 14 heavy (non-hydrogen) atoms. The Labute approximate surface area is 79.0 Å². The molecular weight excluding hydrogens is 184 g/mol. The number of nitrogens with zero attached hydrogens (tertiary/aromatic N) is 2. The maximum Gasteiger partial charge on any atom is 0.373 e. The fourth-order valence-corrected chi connectivity index (χ4v) is 1.02. The fourth-order valence-electron chi connectivity index (χ4n) is 1.02. The molecule has 2 aromatic heterocycles. The molecule has 0 fully saturated rings. The monoisotopic (exact) mass is 190 g/mol. The molecule has 0 radical (unpaired) electrons. The zero-order chi connectivity index (χ0) is 9.97. The maximum atomic E-state index is 10.6. The summed E-state index contributed by atoms with van der Waals surface area (Å²) in [6, 6.07) is 5.00. The fraction of sp³-hybridized carbons (Fsp3) is 0. The van der Waals surface area contributed by atoms with Gasteiger partial charge in [0.25, 0.3) is 0 Å². The quantitative estimate of drug-likeness (QED) is 0.775. The van der Waals surface area contributed by atoms with Gasteiger partial charge in [-0.2, -0.15) is 0 Å². The van der Waals surface area contributed by atoms with E-state index in [-0.39, 0.29) is 5.82 Å². The topological polar surface area (TPSA) is 76.2 Å². The van der Waals surface area contributed by atoms with Crippen LogP contribution in [-0.2, 0) is 0 Å². The first-order valence-electron chi connectivity index (χ1n) is 3.87. The standard InChI is InChI=1S/C9H6N2O3/c12-9(13)8-10-4-3-6(11-8)7-2-1-5-14-7/h1-5H,(H,12,13). The van der Waals surface area contributed by atoms with Gasteiger partial charge in [-0.1, -0.05) is 0 Å². The number of hydrogen-bond acceptors (Lipinski definition) is 4. The molecule has 5 heteroatoms. The van der Waals surface area contributed by atoms with Crippen molar-refractivity contribution in [1.82, 2.24) is 9.97 Å². The Morgan fingerprint density at radius 2 is 2.29 bits per heavy atom. The Hall–Kier alpha value is -2.17. The van der Waals surface area contributed by atoms with E-state index < -0.39 is 5.97 Å². The van der Waals surface area contributed by atoms with Crippen LogP contribution < -0.4 is 0 Å². The third-order valence-corrected chi connectivity index (χ3v) is 1.62. The Morgan fingerprint density at radius 1 is 1.43 bits per heavy atom. The Balaban J connectivity index is 2.46. The SMILES string of the molecule is O=C(O)c1nccc(-c2ccco2)n1. The van der Waals surface area contributed by atoms with Gasteiger partial charge in [0.1, 0.15) is 5.69 Å². The van der Waals surface area contributed by atoms with Crippen LogP contribution in [0.15, 0.2) is 35.1 Å². The number of carboxylic acids is 1.